The number of aromatic nitrogens is 1. The Balaban J connectivity index is 3.12. The molecule has 0 saturated carbocycles. The van der Waals surface area contributed by atoms with E-state index in [1.165, 1.54) is 0 Å². The summed E-state index contributed by atoms with van der Waals surface area (Å²) in [5.74, 6) is 1.36. The van der Waals surface area contributed by atoms with Crippen molar-refractivity contribution < 1.29 is 0 Å². The van der Waals surface area contributed by atoms with Gasteiger partial charge in [-0.1, -0.05) is 13.8 Å². The van der Waals surface area contributed by atoms with Crippen LogP contribution in [0, 0.1) is 0 Å². The molecule has 3 heteroatoms. The van der Waals surface area contributed by atoms with Crippen LogP contribution in [0.5, 0.6) is 0 Å². The van der Waals surface area contributed by atoms with Gasteiger partial charge in [0, 0.05) is 7.05 Å². The van der Waals surface area contributed by atoms with Crippen LogP contribution in [0.1, 0.15) is 25.3 Å². The summed E-state index contributed by atoms with van der Waals surface area (Å²) in [4.78, 5) is 4.18. The first-order chi connectivity index (χ1) is 5.65. The number of nitrogens with zero attached hydrogens (tertiary/aromatic N) is 1. The maximum absolute atomic E-state index is 5.63. The SMILES string of the molecule is CNc1ncc(N)cc1C(C)C. The average molecular weight is 165 g/mol. The van der Waals surface area contributed by atoms with E-state index < -0.39 is 0 Å². The minimum atomic E-state index is 0.448. The zero-order chi connectivity index (χ0) is 9.14. The van der Waals surface area contributed by atoms with Gasteiger partial charge in [0.25, 0.3) is 0 Å². The third-order valence-electron chi connectivity index (χ3n) is 1.80. The van der Waals surface area contributed by atoms with Gasteiger partial charge in [0.1, 0.15) is 5.82 Å². The minimum Gasteiger partial charge on any atom is -0.397 e. The van der Waals surface area contributed by atoms with Gasteiger partial charge in [-0.2, -0.15) is 0 Å². The molecule has 1 aromatic heterocycles. The van der Waals surface area contributed by atoms with E-state index in [1.807, 2.05) is 13.1 Å². The second-order valence-corrected chi connectivity index (χ2v) is 3.11. The third kappa shape index (κ3) is 1.67. The first kappa shape index (κ1) is 8.84. The second kappa shape index (κ2) is 3.43. The minimum absolute atomic E-state index is 0.448. The highest BCUT2D eigenvalue weighted by Crippen LogP contribution is 2.23. The first-order valence-corrected chi connectivity index (χ1v) is 4.08. The molecule has 1 heterocycles. The van der Waals surface area contributed by atoms with Crippen LogP contribution >= 0.6 is 0 Å². The molecule has 0 saturated heterocycles. The predicted molar refractivity (Wildman–Crippen MR) is 52.3 cm³/mol. The van der Waals surface area contributed by atoms with Crippen molar-refractivity contribution in [1.82, 2.24) is 4.98 Å². The van der Waals surface area contributed by atoms with E-state index in [0.29, 0.717) is 5.92 Å². The maximum Gasteiger partial charge on any atom is 0.129 e. The molecule has 0 aliphatic heterocycles. The van der Waals surface area contributed by atoms with Gasteiger partial charge in [-0.15, -0.1) is 0 Å². The Kier molecular flexibility index (Phi) is 2.53. The molecule has 0 amide bonds. The Labute approximate surface area is 73.0 Å². The van der Waals surface area contributed by atoms with Crippen molar-refractivity contribution >= 4 is 11.5 Å². The van der Waals surface area contributed by atoms with Gasteiger partial charge < -0.3 is 11.1 Å². The van der Waals surface area contributed by atoms with Gasteiger partial charge in [-0.25, -0.2) is 4.98 Å². The number of hydrogen-bond donors (Lipinski definition) is 2. The Morgan fingerprint density at radius 1 is 1.50 bits per heavy atom. The van der Waals surface area contributed by atoms with Crippen LogP contribution in [-0.4, -0.2) is 12.0 Å². The molecule has 12 heavy (non-hydrogen) atoms. The third-order valence-corrected chi connectivity index (χ3v) is 1.80. The van der Waals surface area contributed by atoms with Crippen molar-refractivity contribution in [3.05, 3.63) is 17.8 Å². The lowest BCUT2D eigenvalue weighted by Crippen LogP contribution is -2.01. The number of nitrogen functional groups attached to an aromatic ring is 1. The zero-order valence-corrected chi connectivity index (χ0v) is 7.76. The zero-order valence-electron chi connectivity index (χ0n) is 7.76. The van der Waals surface area contributed by atoms with Gasteiger partial charge in [0.05, 0.1) is 11.9 Å². The number of anilines is 2. The molecule has 0 fully saturated rings. The quantitative estimate of drug-likeness (QED) is 0.703. The van der Waals surface area contributed by atoms with E-state index in [0.717, 1.165) is 17.1 Å². The summed E-state index contributed by atoms with van der Waals surface area (Å²) < 4.78 is 0. The number of nitrogens with one attached hydrogen (secondary N) is 1. The van der Waals surface area contributed by atoms with Crippen molar-refractivity contribution in [2.24, 2.45) is 0 Å². The van der Waals surface area contributed by atoms with Crippen molar-refractivity contribution in [2.75, 3.05) is 18.1 Å². The molecule has 0 aliphatic rings. The molecule has 0 aromatic carbocycles. The highest BCUT2D eigenvalue weighted by Gasteiger charge is 2.06. The molecule has 0 unspecified atom stereocenters. The summed E-state index contributed by atoms with van der Waals surface area (Å²) in [6, 6.07) is 1.96. The van der Waals surface area contributed by atoms with Gasteiger partial charge in [0.2, 0.25) is 0 Å². The lowest BCUT2D eigenvalue weighted by Gasteiger charge is -2.11. The topological polar surface area (TPSA) is 50.9 Å². The molecule has 0 radical (unpaired) electrons. The van der Waals surface area contributed by atoms with E-state index in [2.05, 4.69) is 24.1 Å². The molecule has 3 N–H and O–H groups in total. The monoisotopic (exact) mass is 165 g/mol. The van der Waals surface area contributed by atoms with E-state index in [1.54, 1.807) is 6.20 Å². The van der Waals surface area contributed by atoms with E-state index in [4.69, 9.17) is 5.73 Å². The van der Waals surface area contributed by atoms with Crippen molar-refractivity contribution in [3.8, 4) is 0 Å². The summed E-state index contributed by atoms with van der Waals surface area (Å²) in [6.07, 6.45) is 1.66. The number of pyridine rings is 1. The standard InChI is InChI=1S/C9H15N3/c1-6(2)8-4-7(10)5-12-9(8)11-3/h4-6H,10H2,1-3H3,(H,11,12). The van der Waals surface area contributed by atoms with Crippen molar-refractivity contribution in [3.63, 3.8) is 0 Å². The maximum atomic E-state index is 5.63. The Hall–Kier alpha value is -1.25. The summed E-state index contributed by atoms with van der Waals surface area (Å²) in [5, 5.41) is 3.04. The molecular formula is C9H15N3. The van der Waals surface area contributed by atoms with E-state index in [-0.39, 0.29) is 0 Å². The Bertz CT molecular complexity index is 268. The lowest BCUT2D eigenvalue weighted by molar-refractivity contribution is 0.861. The molecule has 66 valence electrons. The van der Waals surface area contributed by atoms with Crippen LogP contribution in [0.4, 0.5) is 11.5 Å². The van der Waals surface area contributed by atoms with Crippen molar-refractivity contribution in [1.29, 1.82) is 0 Å². The van der Waals surface area contributed by atoms with E-state index in [9.17, 15) is 0 Å². The highest BCUT2D eigenvalue weighted by molar-refractivity contribution is 5.52. The summed E-state index contributed by atoms with van der Waals surface area (Å²) in [6.45, 7) is 4.24. The fourth-order valence-electron chi connectivity index (χ4n) is 1.15. The molecule has 3 nitrogen and oxygen atoms in total. The van der Waals surface area contributed by atoms with Crippen LogP contribution in [-0.2, 0) is 0 Å². The summed E-state index contributed by atoms with van der Waals surface area (Å²) >= 11 is 0. The van der Waals surface area contributed by atoms with Gasteiger partial charge >= 0.3 is 0 Å². The molecule has 0 atom stereocenters. The fourth-order valence-corrected chi connectivity index (χ4v) is 1.15. The molecule has 1 aromatic rings. The molecule has 0 spiro atoms. The van der Waals surface area contributed by atoms with Crippen molar-refractivity contribution in [2.45, 2.75) is 19.8 Å². The Morgan fingerprint density at radius 3 is 2.67 bits per heavy atom. The summed E-state index contributed by atoms with van der Waals surface area (Å²) in [7, 11) is 1.87. The normalized spacial score (nSPS) is 10.3. The number of rotatable bonds is 2. The van der Waals surface area contributed by atoms with Gasteiger partial charge in [0.15, 0.2) is 0 Å². The largest absolute Gasteiger partial charge is 0.397 e. The highest BCUT2D eigenvalue weighted by atomic mass is 15.0. The van der Waals surface area contributed by atoms with E-state index >= 15 is 0 Å². The first-order valence-electron chi connectivity index (χ1n) is 4.08. The second-order valence-electron chi connectivity index (χ2n) is 3.11. The van der Waals surface area contributed by atoms with Crippen LogP contribution in [0.15, 0.2) is 12.3 Å². The molecule has 1 rings (SSSR count). The summed E-state index contributed by atoms with van der Waals surface area (Å²) in [5.41, 5.74) is 7.51. The van der Waals surface area contributed by atoms with Gasteiger partial charge in [-0.3, -0.25) is 0 Å². The fraction of sp³-hybridized carbons (Fsp3) is 0.444. The average Bonchev–Trinajstić information content (AvgIpc) is 2.04. The van der Waals surface area contributed by atoms with Crippen LogP contribution < -0.4 is 11.1 Å². The molecular weight excluding hydrogens is 150 g/mol. The molecule has 0 bridgehead atoms. The van der Waals surface area contributed by atoms with Gasteiger partial charge in [-0.05, 0) is 17.5 Å². The number of nitrogens with two attached hydrogens (primary N) is 1. The smallest absolute Gasteiger partial charge is 0.129 e. The number of hydrogen-bond acceptors (Lipinski definition) is 3. The van der Waals surface area contributed by atoms with Crippen LogP contribution in [0.3, 0.4) is 0 Å². The Morgan fingerprint density at radius 2 is 2.17 bits per heavy atom. The van der Waals surface area contributed by atoms with Crippen LogP contribution in [0.25, 0.3) is 0 Å². The van der Waals surface area contributed by atoms with Crippen LogP contribution in [0.2, 0.25) is 0 Å². The molecule has 0 aliphatic carbocycles. The predicted octanol–water partition coefficient (Wildman–Crippen LogP) is 1.83. The lowest BCUT2D eigenvalue weighted by atomic mass is 10.0.